The van der Waals surface area contributed by atoms with Crippen molar-refractivity contribution in [2.45, 2.75) is 13.5 Å². The van der Waals surface area contributed by atoms with Crippen molar-refractivity contribution < 1.29 is 14.3 Å². The number of nitrogens with zero attached hydrogens (tertiary/aromatic N) is 3. The van der Waals surface area contributed by atoms with E-state index in [1.165, 1.54) is 0 Å². The molecule has 4 rings (SSSR count). The summed E-state index contributed by atoms with van der Waals surface area (Å²) < 4.78 is 11.7. The van der Waals surface area contributed by atoms with Gasteiger partial charge in [0, 0.05) is 36.3 Å². The van der Waals surface area contributed by atoms with Crippen LogP contribution >= 0.6 is 0 Å². The summed E-state index contributed by atoms with van der Waals surface area (Å²) in [5, 5.41) is 0. The lowest BCUT2D eigenvalue weighted by atomic mass is 9.82. The number of fused-ring (bicyclic) bond motifs is 1. The lowest BCUT2D eigenvalue weighted by Gasteiger charge is -2.26. The molecule has 2 aliphatic heterocycles. The van der Waals surface area contributed by atoms with Crippen LogP contribution in [0.2, 0.25) is 0 Å². The van der Waals surface area contributed by atoms with E-state index in [1.54, 1.807) is 12.3 Å². The van der Waals surface area contributed by atoms with Gasteiger partial charge in [0.15, 0.2) is 0 Å². The van der Waals surface area contributed by atoms with E-state index in [9.17, 15) is 4.79 Å². The van der Waals surface area contributed by atoms with Gasteiger partial charge in [-0.05, 0) is 31.2 Å². The maximum atomic E-state index is 12.8. The second-order valence-corrected chi connectivity index (χ2v) is 7.24. The number of hydrogen-bond donors (Lipinski definition) is 0. The molecule has 2 aliphatic rings. The van der Waals surface area contributed by atoms with Gasteiger partial charge in [-0.2, -0.15) is 0 Å². The first-order chi connectivity index (χ1) is 12.7. The van der Waals surface area contributed by atoms with Crippen LogP contribution in [0.15, 0.2) is 42.6 Å². The smallest absolute Gasteiger partial charge is 0.272 e. The number of ether oxygens (including phenoxy) is 2. The summed E-state index contributed by atoms with van der Waals surface area (Å²) in [6.45, 7) is 5.59. The molecule has 0 bridgehead atoms. The van der Waals surface area contributed by atoms with Crippen molar-refractivity contribution in [2.24, 2.45) is 11.3 Å². The predicted molar refractivity (Wildman–Crippen MR) is 95.5 cm³/mol. The number of carbonyl (C=O) groups excluding carboxylic acids is 1. The van der Waals surface area contributed by atoms with Gasteiger partial charge in [0.1, 0.15) is 5.69 Å². The Bertz CT molecular complexity index is 783. The van der Waals surface area contributed by atoms with E-state index in [1.807, 2.05) is 42.2 Å². The van der Waals surface area contributed by atoms with E-state index < -0.39 is 0 Å². The third-order valence-corrected chi connectivity index (χ3v) is 5.28. The maximum Gasteiger partial charge on any atom is 0.272 e. The van der Waals surface area contributed by atoms with Crippen LogP contribution in [0.1, 0.15) is 21.9 Å². The molecular formula is C20H23N3O3. The number of aryl methyl sites for hydroxylation is 1. The fourth-order valence-corrected chi connectivity index (χ4v) is 3.86. The molecule has 2 saturated heterocycles. The molecule has 2 aromatic heterocycles. The number of pyridine rings is 2. The molecule has 1 amide bonds. The lowest BCUT2D eigenvalue weighted by Crippen LogP contribution is -2.37. The third-order valence-electron chi connectivity index (χ3n) is 5.28. The average molecular weight is 353 g/mol. The zero-order valence-electron chi connectivity index (χ0n) is 14.9. The molecular weight excluding hydrogens is 330 g/mol. The molecule has 4 heterocycles. The molecule has 6 heteroatoms. The first-order valence-corrected chi connectivity index (χ1v) is 8.95. The summed E-state index contributed by atoms with van der Waals surface area (Å²) in [7, 11) is 0. The van der Waals surface area contributed by atoms with Crippen molar-refractivity contribution in [3.8, 4) is 0 Å². The molecule has 0 N–H and O–H groups in total. The van der Waals surface area contributed by atoms with Gasteiger partial charge in [-0.1, -0.05) is 12.1 Å². The summed E-state index contributed by atoms with van der Waals surface area (Å²) in [5.41, 5.74) is 2.14. The Hall–Kier alpha value is -2.31. The number of likely N-dealkylation sites (tertiary alicyclic amines) is 1. The number of hydrogen-bond acceptors (Lipinski definition) is 5. The molecule has 2 atom stereocenters. The summed E-state index contributed by atoms with van der Waals surface area (Å²) in [4.78, 5) is 23.4. The van der Waals surface area contributed by atoms with E-state index in [0.717, 1.165) is 11.4 Å². The second kappa shape index (κ2) is 7.13. The van der Waals surface area contributed by atoms with E-state index in [2.05, 4.69) is 9.97 Å². The molecule has 26 heavy (non-hydrogen) atoms. The van der Waals surface area contributed by atoms with Gasteiger partial charge in [-0.25, -0.2) is 4.98 Å². The number of carbonyl (C=O) groups is 1. The molecule has 2 fully saturated rings. The summed E-state index contributed by atoms with van der Waals surface area (Å²) in [5.74, 6) is 0.298. The van der Waals surface area contributed by atoms with Crippen LogP contribution in [0.5, 0.6) is 0 Å². The fraction of sp³-hybridized carbons (Fsp3) is 0.450. The monoisotopic (exact) mass is 353 g/mol. The number of amides is 1. The predicted octanol–water partition coefficient (Wildman–Crippen LogP) is 2.09. The Morgan fingerprint density at radius 3 is 3.08 bits per heavy atom. The molecule has 0 aromatic carbocycles. The minimum atomic E-state index is -0.131. The van der Waals surface area contributed by atoms with Crippen molar-refractivity contribution in [3.63, 3.8) is 0 Å². The topological polar surface area (TPSA) is 64.6 Å². The Kier molecular flexibility index (Phi) is 4.70. The largest absolute Gasteiger partial charge is 0.380 e. The minimum absolute atomic E-state index is 0.00722. The third kappa shape index (κ3) is 3.34. The van der Waals surface area contributed by atoms with Crippen molar-refractivity contribution in [3.05, 3.63) is 59.7 Å². The molecule has 6 nitrogen and oxygen atoms in total. The molecule has 0 aliphatic carbocycles. The van der Waals surface area contributed by atoms with Crippen molar-refractivity contribution in [1.82, 2.24) is 14.9 Å². The quantitative estimate of drug-likeness (QED) is 0.824. The lowest BCUT2D eigenvalue weighted by molar-refractivity contribution is 0.0174. The van der Waals surface area contributed by atoms with Crippen molar-refractivity contribution in [2.75, 3.05) is 32.9 Å². The van der Waals surface area contributed by atoms with Gasteiger partial charge < -0.3 is 14.4 Å². The summed E-state index contributed by atoms with van der Waals surface area (Å²) >= 11 is 0. The fourth-order valence-electron chi connectivity index (χ4n) is 3.86. The van der Waals surface area contributed by atoms with Gasteiger partial charge in [0.2, 0.25) is 0 Å². The summed E-state index contributed by atoms with van der Waals surface area (Å²) in [6.07, 6.45) is 1.77. The normalized spacial score (nSPS) is 24.7. The number of rotatable bonds is 5. The van der Waals surface area contributed by atoms with Gasteiger partial charge in [0.25, 0.3) is 5.91 Å². The van der Waals surface area contributed by atoms with Gasteiger partial charge in [0.05, 0.1) is 32.1 Å². The Morgan fingerprint density at radius 1 is 1.35 bits per heavy atom. The highest BCUT2D eigenvalue weighted by Gasteiger charge is 2.52. The number of aromatic nitrogens is 2. The van der Waals surface area contributed by atoms with E-state index in [-0.39, 0.29) is 11.3 Å². The van der Waals surface area contributed by atoms with Gasteiger partial charge >= 0.3 is 0 Å². The summed E-state index contributed by atoms with van der Waals surface area (Å²) in [6, 6.07) is 11.4. The van der Waals surface area contributed by atoms with Crippen LogP contribution in [-0.2, 0) is 16.1 Å². The Balaban J connectivity index is 1.42. The molecule has 0 saturated carbocycles. The Labute approximate surface area is 153 Å². The molecule has 0 spiro atoms. The van der Waals surface area contributed by atoms with Gasteiger partial charge in [-0.3, -0.25) is 9.78 Å². The van der Waals surface area contributed by atoms with Crippen LogP contribution < -0.4 is 0 Å². The van der Waals surface area contributed by atoms with Crippen molar-refractivity contribution in [1.29, 1.82) is 0 Å². The van der Waals surface area contributed by atoms with Crippen LogP contribution in [-0.4, -0.2) is 53.7 Å². The average Bonchev–Trinajstić information content (AvgIpc) is 3.19. The minimum Gasteiger partial charge on any atom is -0.380 e. The van der Waals surface area contributed by atoms with Crippen LogP contribution in [0, 0.1) is 18.3 Å². The van der Waals surface area contributed by atoms with E-state index in [4.69, 9.17) is 9.47 Å². The highest BCUT2D eigenvalue weighted by atomic mass is 16.5. The van der Waals surface area contributed by atoms with Gasteiger partial charge in [-0.15, -0.1) is 0 Å². The first kappa shape index (κ1) is 17.1. The second-order valence-electron chi connectivity index (χ2n) is 7.24. The van der Waals surface area contributed by atoms with E-state index in [0.29, 0.717) is 51.1 Å². The molecule has 2 aromatic rings. The van der Waals surface area contributed by atoms with Crippen LogP contribution in [0.4, 0.5) is 0 Å². The van der Waals surface area contributed by atoms with Crippen molar-refractivity contribution >= 4 is 5.91 Å². The SMILES string of the molecule is Cc1cccc(C(=O)N2C[C@@H]3COC[C@]3(COCc3ccccn3)C2)n1. The standard InChI is InChI=1S/C20H23N3O3/c1-15-5-4-7-18(22-15)19(24)23-9-16-10-25-13-20(16,12-23)14-26-11-17-6-2-3-8-21-17/h2-8,16H,9-14H2,1H3/t16-,20+/m1/s1. The molecule has 0 radical (unpaired) electrons. The van der Waals surface area contributed by atoms with Crippen LogP contribution in [0.3, 0.4) is 0 Å². The highest BCUT2D eigenvalue weighted by Crippen LogP contribution is 2.42. The zero-order valence-corrected chi connectivity index (χ0v) is 14.9. The zero-order chi connectivity index (χ0) is 18.0. The Morgan fingerprint density at radius 2 is 2.27 bits per heavy atom. The first-order valence-electron chi connectivity index (χ1n) is 8.95. The van der Waals surface area contributed by atoms with E-state index >= 15 is 0 Å². The highest BCUT2D eigenvalue weighted by molar-refractivity contribution is 5.92. The molecule has 136 valence electrons. The van der Waals surface area contributed by atoms with Crippen LogP contribution in [0.25, 0.3) is 0 Å². The molecule has 0 unspecified atom stereocenters. The maximum absolute atomic E-state index is 12.8.